The maximum absolute atomic E-state index is 11.4. The Balaban J connectivity index is 2.35. The average Bonchev–Trinajstić information content (AvgIpc) is 2.42. The summed E-state index contributed by atoms with van der Waals surface area (Å²) >= 11 is 0. The maximum Gasteiger partial charge on any atom is 0.232 e. The minimum atomic E-state index is -0.633. The Labute approximate surface area is 118 Å². The predicted molar refractivity (Wildman–Crippen MR) is 77.0 cm³/mol. The van der Waals surface area contributed by atoms with E-state index in [1.165, 1.54) is 0 Å². The van der Waals surface area contributed by atoms with Crippen LogP contribution in [0.4, 0.5) is 5.69 Å². The molecule has 110 valence electrons. The lowest BCUT2D eigenvalue weighted by atomic mass is 9.81. The first-order valence-electron chi connectivity index (χ1n) is 6.62. The summed E-state index contributed by atoms with van der Waals surface area (Å²) < 4.78 is 5.57. The summed E-state index contributed by atoms with van der Waals surface area (Å²) in [6.07, 6.45) is 0.579. The quantitative estimate of drug-likeness (QED) is 0.517. The molecule has 0 amide bonds. The number of likely N-dealkylation sites (N-methyl/N-ethyl adjacent to an activating group) is 1. The van der Waals surface area contributed by atoms with Crippen LogP contribution in [-0.4, -0.2) is 42.3 Å². The van der Waals surface area contributed by atoms with Crippen LogP contribution < -0.4 is 5.73 Å². The van der Waals surface area contributed by atoms with Crippen molar-refractivity contribution in [3.63, 3.8) is 0 Å². The Kier molecular flexibility index (Phi) is 3.96. The Hall–Kier alpha value is -1.66. The molecule has 2 rings (SSSR count). The number of hydrogen-bond donors (Lipinski definition) is 1. The molecule has 1 aliphatic heterocycles. The van der Waals surface area contributed by atoms with Crippen LogP contribution in [-0.2, 0) is 4.74 Å². The van der Waals surface area contributed by atoms with E-state index >= 15 is 0 Å². The zero-order valence-corrected chi connectivity index (χ0v) is 12.1. The third-order valence-corrected chi connectivity index (χ3v) is 4.41. The van der Waals surface area contributed by atoms with Crippen molar-refractivity contribution >= 4 is 5.69 Å². The van der Waals surface area contributed by atoms with Gasteiger partial charge >= 0.3 is 0 Å². The number of piperidine rings is 1. The Bertz CT molecular complexity index is 491. The van der Waals surface area contributed by atoms with Gasteiger partial charge in [0.15, 0.2) is 0 Å². The molecule has 20 heavy (non-hydrogen) atoms. The number of ether oxygens (including phenoxy) is 1. The molecular weight excluding hydrogens is 258 g/mol. The van der Waals surface area contributed by atoms with Crippen molar-refractivity contribution in [1.29, 1.82) is 0 Å². The van der Waals surface area contributed by atoms with Crippen molar-refractivity contribution in [3.8, 4) is 0 Å². The highest BCUT2D eigenvalue weighted by Crippen LogP contribution is 2.38. The third kappa shape index (κ3) is 2.62. The molecule has 0 spiro atoms. The predicted octanol–water partition coefficient (Wildman–Crippen LogP) is 1.70. The van der Waals surface area contributed by atoms with Crippen LogP contribution in [0.5, 0.6) is 0 Å². The van der Waals surface area contributed by atoms with Crippen LogP contribution >= 0.6 is 0 Å². The summed E-state index contributed by atoms with van der Waals surface area (Å²) in [7, 11) is 3.50. The largest absolute Gasteiger partial charge is 0.399 e. The monoisotopic (exact) mass is 279 g/mol. The fraction of sp³-hybridized carbons (Fsp3) is 0.571. The summed E-state index contributed by atoms with van der Waals surface area (Å²) in [6.45, 7) is 2.33. The number of methoxy groups -OCH3 is 1. The van der Waals surface area contributed by atoms with Gasteiger partial charge < -0.3 is 10.5 Å². The van der Waals surface area contributed by atoms with E-state index in [0.29, 0.717) is 18.7 Å². The molecule has 1 aromatic rings. The molecule has 1 heterocycles. The number of nitrogen functional groups attached to an aromatic ring is 1. The number of anilines is 1. The standard InChI is InChI=1S/C14H21N3O3/c1-14(20-3)8-12(10-4-6-11(15)7-5-10)13(17(18)19)9-16(14)2/h4-7,12-13H,8-9,15H2,1-3H3. The van der Waals surface area contributed by atoms with E-state index in [4.69, 9.17) is 10.5 Å². The molecule has 1 fully saturated rings. The molecule has 6 nitrogen and oxygen atoms in total. The van der Waals surface area contributed by atoms with E-state index in [9.17, 15) is 10.1 Å². The van der Waals surface area contributed by atoms with E-state index < -0.39 is 11.8 Å². The van der Waals surface area contributed by atoms with Crippen LogP contribution in [0, 0.1) is 10.1 Å². The van der Waals surface area contributed by atoms with Gasteiger partial charge in [0.05, 0.1) is 12.5 Å². The summed E-state index contributed by atoms with van der Waals surface area (Å²) in [5.74, 6) is -0.174. The molecule has 1 saturated heterocycles. The number of hydrogen-bond acceptors (Lipinski definition) is 5. The van der Waals surface area contributed by atoms with Crippen molar-refractivity contribution in [1.82, 2.24) is 4.90 Å². The van der Waals surface area contributed by atoms with E-state index in [0.717, 1.165) is 5.56 Å². The molecule has 0 bridgehead atoms. The Morgan fingerprint density at radius 3 is 2.55 bits per heavy atom. The van der Waals surface area contributed by atoms with Crippen molar-refractivity contribution in [2.24, 2.45) is 0 Å². The highest BCUT2D eigenvalue weighted by molar-refractivity contribution is 5.40. The van der Waals surface area contributed by atoms with Crippen molar-refractivity contribution in [2.75, 3.05) is 26.4 Å². The molecule has 6 heteroatoms. The smallest absolute Gasteiger partial charge is 0.232 e. The van der Waals surface area contributed by atoms with Crippen LogP contribution in [0.25, 0.3) is 0 Å². The molecule has 3 unspecified atom stereocenters. The van der Waals surface area contributed by atoms with Gasteiger partial charge in [-0.05, 0) is 31.7 Å². The lowest BCUT2D eigenvalue weighted by Crippen LogP contribution is -2.57. The molecular formula is C14H21N3O3. The number of likely N-dealkylation sites (tertiary alicyclic amines) is 1. The first kappa shape index (κ1) is 14.7. The number of benzene rings is 1. The first-order chi connectivity index (χ1) is 9.37. The second-order valence-corrected chi connectivity index (χ2v) is 5.59. The molecule has 0 saturated carbocycles. The van der Waals surface area contributed by atoms with Crippen LogP contribution in [0.1, 0.15) is 24.8 Å². The first-order valence-corrected chi connectivity index (χ1v) is 6.62. The molecule has 0 radical (unpaired) electrons. The van der Waals surface area contributed by atoms with E-state index in [1.807, 2.05) is 31.0 Å². The van der Waals surface area contributed by atoms with Crippen molar-refractivity contribution in [2.45, 2.75) is 31.0 Å². The van der Waals surface area contributed by atoms with Crippen LogP contribution in [0.15, 0.2) is 24.3 Å². The van der Waals surface area contributed by atoms with Crippen molar-refractivity contribution < 1.29 is 9.66 Å². The molecule has 2 N–H and O–H groups in total. The highest BCUT2D eigenvalue weighted by atomic mass is 16.6. The zero-order chi connectivity index (χ0) is 14.9. The Morgan fingerprint density at radius 1 is 1.45 bits per heavy atom. The number of nitro groups is 1. The van der Waals surface area contributed by atoms with Crippen LogP contribution in [0.3, 0.4) is 0 Å². The van der Waals surface area contributed by atoms with Gasteiger partial charge in [-0.25, -0.2) is 0 Å². The maximum atomic E-state index is 11.4. The number of nitrogens with two attached hydrogens (primary N) is 1. The van der Waals surface area contributed by atoms with E-state index in [-0.39, 0.29) is 10.8 Å². The van der Waals surface area contributed by atoms with Gasteiger partial charge in [-0.1, -0.05) is 12.1 Å². The Morgan fingerprint density at radius 2 is 2.05 bits per heavy atom. The number of rotatable bonds is 3. The summed E-state index contributed by atoms with van der Waals surface area (Å²) in [6, 6.07) is 6.69. The lowest BCUT2D eigenvalue weighted by Gasteiger charge is -2.45. The minimum absolute atomic E-state index is 0.174. The van der Waals surface area contributed by atoms with Gasteiger partial charge in [-0.2, -0.15) is 0 Å². The second-order valence-electron chi connectivity index (χ2n) is 5.59. The summed E-state index contributed by atoms with van der Waals surface area (Å²) in [4.78, 5) is 13.1. The number of nitrogens with zero attached hydrogens (tertiary/aromatic N) is 2. The van der Waals surface area contributed by atoms with Crippen LogP contribution in [0.2, 0.25) is 0 Å². The van der Waals surface area contributed by atoms with Gasteiger partial charge in [-0.3, -0.25) is 15.0 Å². The second kappa shape index (κ2) is 5.38. The van der Waals surface area contributed by atoms with Crippen molar-refractivity contribution in [3.05, 3.63) is 39.9 Å². The fourth-order valence-corrected chi connectivity index (χ4v) is 2.84. The third-order valence-electron chi connectivity index (χ3n) is 4.41. The van der Waals surface area contributed by atoms with E-state index in [2.05, 4.69) is 0 Å². The normalized spacial score (nSPS) is 31.1. The molecule has 1 aromatic carbocycles. The molecule has 0 aliphatic carbocycles. The van der Waals surface area contributed by atoms with Gasteiger partial charge in [0, 0.05) is 24.1 Å². The summed E-state index contributed by atoms with van der Waals surface area (Å²) in [5.41, 5.74) is 6.80. The SMILES string of the molecule is COC1(C)CC(c2ccc(N)cc2)C([N+](=O)[O-])CN1C. The van der Waals surface area contributed by atoms with Gasteiger partial charge in [0.1, 0.15) is 5.72 Å². The van der Waals surface area contributed by atoms with Gasteiger partial charge in [0.25, 0.3) is 0 Å². The van der Waals surface area contributed by atoms with Gasteiger partial charge in [-0.15, -0.1) is 0 Å². The summed E-state index contributed by atoms with van der Waals surface area (Å²) in [5, 5.41) is 11.4. The van der Waals surface area contributed by atoms with Gasteiger partial charge in [0.2, 0.25) is 6.04 Å². The molecule has 1 aliphatic rings. The lowest BCUT2D eigenvalue weighted by molar-refractivity contribution is -0.534. The minimum Gasteiger partial charge on any atom is -0.399 e. The average molecular weight is 279 g/mol. The molecule has 0 aromatic heterocycles. The molecule has 3 atom stereocenters. The fourth-order valence-electron chi connectivity index (χ4n) is 2.84. The van der Waals surface area contributed by atoms with E-state index in [1.54, 1.807) is 19.2 Å². The zero-order valence-electron chi connectivity index (χ0n) is 12.1. The highest BCUT2D eigenvalue weighted by Gasteiger charge is 2.47. The topological polar surface area (TPSA) is 81.6 Å².